The molecule has 2 rings (SSSR count). The zero-order valence-electron chi connectivity index (χ0n) is 12.4. The maximum absolute atomic E-state index is 11.7. The number of nitrogens with zero attached hydrogens (tertiary/aromatic N) is 5. The van der Waals surface area contributed by atoms with E-state index in [0.29, 0.717) is 11.5 Å². The summed E-state index contributed by atoms with van der Waals surface area (Å²) in [6.45, 7) is 1.79. The van der Waals surface area contributed by atoms with Gasteiger partial charge in [0.2, 0.25) is 0 Å². The van der Waals surface area contributed by atoms with Crippen LogP contribution in [0.4, 0.5) is 5.82 Å². The van der Waals surface area contributed by atoms with E-state index in [1.807, 2.05) is 12.5 Å². The molecule has 0 aliphatic heterocycles. The van der Waals surface area contributed by atoms with Gasteiger partial charge in [-0.15, -0.1) is 10.2 Å². The van der Waals surface area contributed by atoms with Crippen LogP contribution in [0.1, 0.15) is 23.3 Å². The molecule has 0 aliphatic rings. The summed E-state index contributed by atoms with van der Waals surface area (Å²) in [6.07, 6.45) is 7.65. The van der Waals surface area contributed by atoms with Crippen molar-refractivity contribution in [1.82, 2.24) is 24.6 Å². The average Bonchev–Trinajstić information content (AvgIpc) is 3.00. The molecule has 0 spiro atoms. The van der Waals surface area contributed by atoms with Gasteiger partial charge >= 0.3 is 0 Å². The maximum atomic E-state index is 11.7. The van der Waals surface area contributed by atoms with Crippen LogP contribution in [0, 0.1) is 0 Å². The fourth-order valence-electron chi connectivity index (χ4n) is 1.82. The summed E-state index contributed by atoms with van der Waals surface area (Å²) < 4.78 is 2.06. The second kappa shape index (κ2) is 7.37. The molecule has 0 saturated heterocycles. The molecule has 112 valence electrons. The third-order valence-corrected chi connectivity index (χ3v) is 3.00. The minimum absolute atomic E-state index is 0.144. The standard InChI is InChI=1S/C14H20N6O/c1-19(2)14(21)12-5-6-13(18-17-12)16-7-3-4-9-20-10-8-15-11-20/h5-6,8,10-11H,3-4,7,9H2,1-2H3,(H,16,18). The Bertz CT molecular complexity index is 549. The van der Waals surface area contributed by atoms with Crippen LogP contribution < -0.4 is 5.32 Å². The monoisotopic (exact) mass is 288 g/mol. The van der Waals surface area contributed by atoms with Gasteiger partial charge in [0.15, 0.2) is 5.69 Å². The highest BCUT2D eigenvalue weighted by Gasteiger charge is 2.09. The van der Waals surface area contributed by atoms with Crippen molar-refractivity contribution in [1.29, 1.82) is 0 Å². The topological polar surface area (TPSA) is 75.9 Å². The van der Waals surface area contributed by atoms with Gasteiger partial charge in [-0.1, -0.05) is 0 Å². The van der Waals surface area contributed by atoms with Gasteiger partial charge in [0, 0.05) is 39.6 Å². The predicted octanol–water partition coefficient (Wildman–Crippen LogP) is 1.27. The molecule has 0 saturated carbocycles. The van der Waals surface area contributed by atoms with Crippen molar-refractivity contribution < 1.29 is 4.79 Å². The van der Waals surface area contributed by atoms with Gasteiger partial charge in [-0.25, -0.2) is 4.98 Å². The lowest BCUT2D eigenvalue weighted by Gasteiger charge is -2.09. The summed E-state index contributed by atoms with van der Waals surface area (Å²) in [6, 6.07) is 3.46. The predicted molar refractivity (Wildman–Crippen MR) is 80.0 cm³/mol. The number of carbonyl (C=O) groups is 1. The number of aryl methyl sites for hydroxylation is 1. The highest BCUT2D eigenvalue weighted by Crippen LogP contribution is 2.04. The molecule has 1 amide bonds. The van der Waals surface area contributed by atoms with E-state index in [4.69, 9.17) is 0 Å². The van der Waals surface area contributed by atoms with E-state index in [2.05, 4.69) is 25.1 Å². The highest BCUT2D eigenvalue weighted by molar-refractivity contribution is 5.91. The number of nitrogens with one attached hydrogen (secondary N) is 1. The normalized spacial score (nSPS) is 10.4. The van der Waals surface area contributed by atoms with Gasteiger partial charge in [0.25, 0.3) is 5.91 Å². The smallest absolute Gasteiger partial charge is 0.273 e. The molecule has 0 radical (unpaired) electrons. The lowest BCUT2D eigenvalue weighted by atomic mass is 10.3. The summed E-state index contributed by atoms with van der Waals surface area (Å²) in [5.41, 5.74) is 0.352. The first-order valence-corrected chi connectivity index (χ1v) is 6.92. The quantitative estimate of drug-likeness (QED) is 0.776. The molecule has 0 fully saturated rings. The Balaban J connectivity index is 1.70. The number of imidazole rings is 1. The van der Waals surface area contributed by atoms with E-state index in [-0.39, 0.29) is 5.91 Å². The van der Waals surface area contributed by atoms with Crippen LogP contribution in [-0.2, 0) is 6.54 Å². The SMILES string of the molecule is CN(C)C(=O)c1ccc(NCCCCn2ccnc2)nn1. The van der Waals surface area contributed by atoms with Crippen molar-refractivity contribution in [2.45, 2.75) is 19.4 Å². The number of hydrogen-bond acceptors (Lipinski definition) is 5. The van der Waals surface area contributed by atoms with Crippen molar-refractivity contribution in [2.75, 3.05) is 26.0 Å². The molecule has 0 unspecified atom stereocenters. The van der Waals surface area contributed by atoms with Gasteiger partial charge in [0.05, 0.1) is 6.33 Å². The molecule has 1 N–H and O–H groups in total. The van der Waals surface area contributed by atoms with Crippen LogP contribution >= 0.6 is 0 Å². The van der Waals surface area contributed by atoms with Crippen LogP contribution in [0.25, 0.3) is 0 Å². The number of anilines is 1. The van der Waals surface area contributed by atoms with Crippen LogP contribution in [0.3, 0.4) is 0 Å². The molecule has 2 heterocycles. The average molecular weight is 288 g/mol. The molecule has 7 heteroatoms. The fraction of sp³-hybridized carbons (Fsp3) is 0.429. The molecule has 21 heavy (non-hydrogen) atoms. The Kier molecular flexibility index (Phi) is 5.25. The number of aromatic nitrogens is 4. The minimum atomic E-state index is -0.144. The van der Waals surface area contributed by atoms with Gasteiger partial charge in [-0.05, 0) is 25.0 Å². The second-order valence-electron chi connectivity index (χ2n) is 4.94. The Morgan fingerprint density at radius 1 is 1.29 bits per heavy atom. The van der Waals surface area contributed by atoms with Crippen molar-refractivity contribution in [3.05, 3.63) is 36.5 Å². The first kappa shape index (κ1) is 15.0. The first-order valence-electron chi connectivity index (χ1n) is 6.92. The van der Waals surface area contributed by atoms with Gasteiger partial charge in [0.1, 0.15) is 5.82 Å². The largest absolute Gasteiger partial charge is 0.369 e. The van der Waals surface area contributed by atoms with Crippen molar-refractivity contribution in [3.8, 4) is 0 Å². The van der Waals surface area contributed by atoms with Crippen LogP contribution in [0.5, 0.6) is 0 Å². The fourth-order valence-corrected chi connectivity index (χ4v) is 1.82. The zero-order chi connectivity index (χ0) is 15.1. The van der Waals surface area contributed by atoms with Gasteiger partial charge in [-0.2, -0.15) is 0 Å². The maximum Gasteiger partial charge on any atom is 0.273 e. The molecule has 0 aliphatic carbocycles. The lowest BCUT2D eigenvalue weighted by molar-refractivity contribution is 0.0821. The Morgan fingerprint density at radius 2 is 2.14 bits per heavy atom. The van der Waals surface area contributed by atoms with Gasteiger partial charge in [-0.3, -0.25) is 4.79 Å². The molecular weight excluding hydrogens is 268 g/mol. The van der Waals surface area contributed by atoms with Crippen molar-refractivity contribution in [3.63, 3.8) is 0 Å². The molecule has 0 bridgehead atoms. The number of hydrogen-bond donors (Lipinski definition) is 1. The third-order valence-electron chi connectivity index (χ3n) is 3.00. The number of unbranched alkanes of at least 4 members (excludes halogenated alkanes) is 1. The molecule has 0 aromatic carbocycles. The third kappa shape index (κ3) is 4.55. The number of rotatable bonds is 7. The lowest BCUT2D eigenvalue weighted by Crippen LogP contribution is -2.23. The minimum Gasteiger partial charge on any atom is -0.369 e. The molecular formula is C14H20N6O. The number of carbonyl (C=O) groups excluding carboxylic acids is 1. The van der Waals surface area contributed by atoms with Crippen LogP contribution in [0.15, 0.2) is 30.9 Å². The molecule has 2 aromatic heterocycles. The molecule has 2 aromatic rings. The van der Waals surface area contributed by atoms with Crippen molar-refractivity contribution in [2.24, 2.45) is 0 Å². The second-order valence-corrected chi connectivity index (χ2v) is 4.94. The Morgan fingerprint density at radius 3 is 2.76 bits per heavy atom. The van der Waals surface area contributed by atoms with Gasteiger partial charge < -0.3 is 14.8 Å². The Hall–Kier alpha value is -2.44. The van der Waals surface area contributed by atoms with E-state index >= 15 is 0 Å². The van der Waals surface area contributed by atoms with E-state index in [0.717, 1.165) is 25.9 Å². The molecule has 0 atom stereocenters. The summed E-state index contributed by atoms with van der Waals surface area (Å²) in [5.74, 6) is 0.544. The van der Waals surface area contributed by atoms with Crippen LogP contribution in [0.2, 0.25) is 0 Å². The van der Waals surface area contributed by atoms with E-state index in [9.17, 15) is 4.79 Å². The van der Waals surface area contributed by atoms with E-state index in [1.165, 1.54) is 4.90 Å². The summed E-state index contributed by atoms with van der Waals surface area (Å²) in [4.78, 5) is 17.1. The zero-order valence-corrected chi connectivity index (χ0v) is 12.4. The van der Waals surface area contributed by atoms with Crippen LogP contribution in [-0.4, -0.2) is 51.2 Å². The Labute approximate surface area is 124 Å². The first-order chi connectivity index (χ1) is 10.2. The summed E-state index contributed by atoms with van der Waals surface area (Å²) >= 11 is 0. The summed E-state index contributed by atoms with van der Waals surface area (Å²) in [5, 5.41) is 11.1. The summed E-state index contributed by atoms with van der Waals surface area (Å²) in [7, 11) is 3.38. The molecule has 7 nitrogen and oxygen atoms in total. The highest BCUT2D eigenvalue weighted by atomic mass is 16.2. The van der Waals surface area contributed by atoms with E-state index in [1.54, 1.807) is 32.4 Å². The number of amides is 1. The van der Waals surface area contributed by atoms with E-state index < -0.39 is 0 Å². The van der Waals surface area contributed by atoms with Crippen molar-refractivity contribution >= 4 is 11.7 Å².